The van der Waals surface area contributed by atoms with Crippen LogP contribution in [0.4, 0.5) is 11.9 Å². The predicted molar refractivity (Wildman–Crippen MR) is 176 cm³/mol. The number of alkyl halides is 1. The van der Waals surface area contributed by atoms with Gasteiger partial charge < -0.3 is 30.5 Å². The van der Waals surface area contributed by atoms with Gasteiger partial charge in [-0.2, -0.15) is 5.11 Å². The molecule has 0 saturated carbocycles. The zero-order valence-corrected chi connectivity index (χ0v) is 27.1. The SMILES string of the molecule is Cc1ccc(-c2nc(N)nnc2Br)o1.Cc1ccc(C2N=C(N)N=NC2Br)o1.Cc1ccco1.Nc1ncc(Br)nn1.[InH4-]. The number of nitrogens with zero attached hydrogens (tertiary/aromatic N) is 9. The first-order valence-corrected chi connectivity index (χ1v) is 14.3. The fourth-order valence-electron chi connectivity index (χ4n) is 2.89. The predicted octanol–water partition coefficient (Wildman–Crippen LogP) is 4.27. The van der Waals surface area contributed by atoms with E-state index in [9.17, 15) is 0 Å². The van der Waals surface area contributed by atoms with E-state index in [-0.39, 0.29) is 54.7 Å². The maximum atomic E-state index is 5.46. The number of furan rings is 3. The quantitative estimate of drug-likeness (QED) is 0.167. The summed E-state index contributed by atoms with van der Waals surface area (Å²) >= 11 is 9.62. The molecule has 0 fully saturated rings. The van der Waals surface area contributed by atoms with Gasteiger partial charge in [-0.05, 0) is 89.0 Å². The Balaban J connectivity index is 0.000000209. The molecule has 0 bridgehead atoms. The Hall–Kier alpha value is -3.16. The van der Waals surface area contributed by atoms with Crippen molar-refractivity contribution >= 4 is 91.5 Å². The van der Waals surface area contributed by atoms with Crippen molar-refractivity contribution in [2.24, 2.45) is 21.0 Å². The van der Waals surface area contributed by atoms with E-state index in [2.05, 4.69) is 93.4 Å². The molecule has 0 radical (unpaired) electrons. The fraction of sp³-hybridized carbons (Fsp3) is 0.208. The van der Waals surface area contributed by atoms with E-state index in [0.29, 0.717) is 20.7 Å². The molecule has 6 N–H and O–H groups in total. The number of guanidine groups is 1. The Morgan fingerprint density at radius 1 is 0.814 bits per heavy atom. The number of rotatable bonds is 2. The van der Waals surface area contributed by atoms with Gasteiger partial charge in [0.1, 0.15) is 39.4 Å². The molecule has 0 amide bonds. The average Bonchev–Trinajstić information content (AvgIpc) is 3.73. The van der Waals surface area contributed by atoms with Gasteiger partial charge in [0.25, 0.3) is 0 Å². The third kappa shape index (κ3) is 12.2. The van der Waals surface area contributed by atoms with Crippen LogP contribution in [0.5, 0.6) is 0 Å². The molecule has 2 atom stereocenters. The monoisotopic (exact) mass is 885 g/mol. The van der Waals surface area contributed by atoms with Crippen LogP contribution in [0.2, 0.25) is 0 Å². The summed E-state index contributed by atoms with van der Waals surface area (Å²) in [5.41, 5.74) is 16.6. The molecule has 1 aliphatic heterocycles. The van der Waals surface area contributed by atoms with Gasteiger partial charge in [0, 0.05) is 0 Å². The van der Waals surface area contributed by atoms with Gasteiger partial charge in [-0.25, -0.2) is 15.0 Å². The van der Waals surface area contributed by atoms with Gasteiger partial charge in [-0.1, -0.05) is 15.9 Å². The first-order chi connectivity index (χ1) is 20.0. The van der Waals surface area contributed by atoms with Crippen LogP contribution in [0, 0.1) is 20.8 Å². The van der Waals surface area contributed by atoms with E-state index in [1.54, 1.807) is 6.26 Å². The Labute approximate surface area is 289 Å². The van der Waals surface area contributed by atoms with Crippen molar-refractivity contribution in [1.29, 1.82) is 0 Å². The van der Waals surface area contributed by atoms with Crippen LogP contribution in [0.15, 0.2) is 86.5 Å². The second kappa shape index (κ2) is 17.8. The number of aromatic nitrogens is 6. The Morgan fingerprint density at radius 2 is 1.51 bits per heavy atom. The summed E-state index contributed by atoms with van der Waals surface area (Å²) in [4.78, 5) is 11.6. The number of hydrogen-bond donors (Lipinski definition) is 3. The van der Waals surface area contributed by atoms with Crippen LogP contribution in [-0.2, 0) is 0 Å². The minimum absolute atomic E-state index is 0. The molecule has 5 aromatic heterocycles. The van der Waals surface area contributed by atoms with E-state index in [4.69, 9.17) is 30.5 Å². The summed E-state index contributed by atoms with van der Waals surface area (Å²) in [5.74, 6) is 4.47. The number of halogens is 3. The zero-order valence-electron chi connectivity index (χ0n) is 22.4. The van der Waals surface area contributed by atoms with Gasteiger partial charge in [0.05, 0.1) is 12.5 Å². The first kappa shape index (κ1) is 36.0. The molecule has 0 aromatic carbocycles. The van der Waals surface area contributed by atoms with E-state index in [1.807, 2.05) is 57.2 Å². The molecule has 1 aliphatic rings. The van der Waals surface area contributed by atoms with Crippen molar-refractivity contribution in [2.45, 2.75) is 31.8 Å². The summed E-state index contributed by atoms with van der Waals surface area (Å²) in [7, 11) is 0. The molecule has 6 rings (SSSR count). The summed E-state index contributed by atoms with van der Waals surface area (Å²) in [6, 6.07) is 11.0. The molecular weight excluding hydrogens is 859 g/mol. The molecule has 5 aromatic rings. The number of aryl methyl sites for hydroxylation is 3. The van der Waals surface area contributed by atoms with Crippen molar-refractivity contribution in [3.8, 4) is 11.5 Å². The molecule has 228 valence electrons. The second-order valence-electron chi connectivity index (χ2n) is 8.05. The number of hydrogen-bond acceptors (Lipinski definition) is 15. The van der Waals surface area contributed by atoms with Gasteiger partial charge in [0.15, 0.2) is 15.3 Å². The van der Waals surface area contributed by atoms with Crippen molar-refractivity contribution in [2.75, 3.05) is 11.5 Å². The summed E-state index contributed by atoms with van der Waals surface area (Å²) in [6.45, 7) is 5.65. The van der Waals surface area contributed by atoms with Crippen molar-refractivity contribution in [1.82, 2.24) is 30.4 Å². The molecule has 0 aliphatic carbocycles. The first-order valence-electron chi connectivity index (χ1n) is 11.8. The Morgan fingerprint density at radius 3 is 2.02 bits per heavy atom. The number of aliphatic imine (C=N–C) groups is 1. The molecule has 15 nitrogen and oxygen atoms in total. The third-order valence-corrected chi connectivity index (χ3v) is 6.29. The third-order valence-electron chi connectivity index (χ3n) is 4.71. The number of anilines is 2. The van der Waals surface area contributed by atoms with Crippen molar-refractivity contribution < 1.29 is 13.3 Å². The van der Waals surface area contributed by atoms with E-state index >= 15 is 0 Å². The van der Waals surface area contributed by atoms with E-state index in [1.165, 1.54) is 6.20 Å². The normalized spacial score (nSPS) is 14.9. The minimum atomic E-state index is -0.221. The molecule has 0 spiro atoms. The van der Waals surface area contributed by atoms with Gasteiger partial charge in [-0.3, -0.25) is 0 Å². The van der Waals surface area contributed by atoms with Crippen LogP contribution in [0.25, 0.3) is 11.5 Å². The summed E-state index contributed by atoms with van der Waals surface area (Å²) < 4.78 is 16.8. The number of nitrogens with two attached hydrogens (primary N) is 3. The molecular formula is C24H29Br3InN12O3-. The van der Waals surface area contributed by atoms with E-state index in [0.717, 1.165) is 23.0 Å². The Bertz CT molecular complexity index is 1590. The summed E-state index contributed by atoms with van der Waals surface area (Å²) in [5, 5.41) is 22.0. The van der Waals surface area contributed by atoms with Gasteiger partial charge in [0.2, 0.25) is 17.9 Å². The molecule has 2 unspecified atom stereocenters. The van der Waals surface area contributed by atoms with Crippen LogP contribution < -0.4 is 17.2 Å². The van der Waals surface area contributed by atoms with Crippen LogP contribution >= 0.6 is 47.8 Å². The molecule has 6 heterocycles. The summed E-state index contributed by atoms with van der Waals surface area (Å²) in [6.07, 6.45) is 3.15. The molecule has 0 saturated heterocycles. The standard InChI is InChI=1S/C8H9BrN4O.C8H7BrN4O.C5H6O.C3H3BrN4.In.4H/c2*1-4-2-3-5(14-4)6-7(9)12-13-8(10)11-6;1-5-3-2-4-6-5;4-2-1-6-3(5)8-7-2;;;;;/h2-3,6-7H,1H3,(H2,10,11);2-3H,1H3,(H2,10,11,13);2-4H,1H3;1H,(H2,5,6,8);;;;;/q;;;;-1;;;;. The number of nitrogen functional groups attached to an aromatic ring is 2. The van der Waals surface area contributed by atoms with E-state index < -0.39 is 0 Å². The average molecular weight is 888 g/mol. The molecule has 43 heavy (non-hydrogen) atoms. The van der Waals surface area contributed by atoms with Crippen molar-refractivity contribution in [3.63, 3.8) is 0 Å². The van der Waals surface area contributed by atoms with Gasteiger partial charge in [-0.15, -0.1) is 25.5 Å². The van der Waals surface area contributed by atoms with Crippen LogP contribution in [-0.4, -0.2) is 67.1 Å². The zero-order chi connectivity index (χ0) is 30.6. The van der Waals surface area contributed by atoms with Crippen LogP contribution in [0.3, 0.4) is 0 Å². The topological polar surface area (TPSA) is 232 Å². The number of azo groups is 1. The second-order valence-corrected chi connectivity index (χ2v) is 10.6. The van der Waals surface area contributed by atoms with Crippen molar-refractivity contribution in [3.05, 3.63) is 81.1 Å². The molecule has 19 heteroatoms. The van der Waals surface area contributed by atoms with Gasteiger partial charge >= 0.3 is 25.8 Å². The maximum absolute atomic E-state index is 5.46. The fourth-order valence-corrected chi connectivity index (χ4v) is 3.91. The van der Waals surface area contributed by atoms with Crippen LogP contribution in [0.1, 0.15) is 29.1 Å². The Kier molecular flexibility index (Phi) is 14.9.